The first kappa shape index (κ1) is 24.3. The molecular weight excluding hydrogens is 413 g/mol. The highest BCUT2D eigenvalue weighted by atomic mass is 19.2. The number of rotatable bonds is 10. The van der Waals surface area contributed by atoms with Crippen molar-refractivity contribution in [1.29, 1.82) is 0 Å². The molecular formula is C27H33F3O2. The van der Waals surface area contributed by atoms with E-state index in [2.05, 4.69) is 6.92 Å². The van der Waals surface area contributed by atoms with Crippen molar-refractivity contribution in [3.8, 4) is 11.1 Å². The Hall–Kier alpha value is -2.30. The van der Waals surface area contributed by atoms with E-state index in [1.807, 2.05) is 0 Å². The molecule has 1 aliphatic carbocycles. The van der Waals surface area contributed by atoms with Gasteiger partial charge in [0.25, 0.3) is 0 Å². The number of carboxylic acids is 1. The maximum Gasteiger partial charge on any atom is 0.335 e. The number of benzene rings is 2. The van der Waals surface area contributed by atoms with Crippen LogP contribution >= 0.6 is 0 Å². The standard InChI is InChI=1S/C27H33F3O2/c1-2-3-4-5-6-7-9-18-12-14-19(15-13-18)25-21(10-8-11-22(25)27(31)32)20-16-23(28)26(30)24(29)17-20/h8,10-11,16-19H,2-7,9,12-15H2,1H3,(H,31,32). The van der Waals surface area contributed by atoms with Crippen LogP contribution in [0, 0.1) is 23.4 Å². The summed E-state index contributed by atoms with van der Waals surface area (Å²) < 4.78 is 41.3. The molecule has 0 aliphatic heterocycles. The fraction of sp³-hybridized carbons (Fsp3) is 0.519. The average Bonchev–Trinajstić information content (AvgIpc) is 2.79. The number of aromatic carboxylic acids is 1. The first-order chi connectivity index (χ1) is 15.4. The maximum absolute atomic E-state index is 13.9. The lowest BCUT2D eigenvalue weighted by Crippen LogP contribution is -2.17. The maximum atomic E-state index is 13.9. The molecule has 0 saturated heterocycles. The van der Waals surface area contributed by atoms with E-state index < -0.39 is 23.4 Å². The summed E-state index contributed by atoms with van der Waals surface area (Å²) in [6, 6.07) is 6.70. The molecule has 1 aliphatic rings. The number of carbonyl (C=O) groups is 1. The Morgan fingerprint density at radius 2 is 1.56 bits per heavy atom. The molecule has 5 heteroatoms. The molecule has 0 atom stereocenters. The van der Waals surface area contributed by atoms with Crippen LogP contribution in [0.1, 0.15) is 99.4 Å². The van der Waals surface area contributed by atoms with E-state index in [4.69, 9.17) is 0 Å². The topological polar surface area (TPSA) is 37.3 Å². The molecule has 1 N–H and O–H groups in total. The van der Waals surface area contributed by atoms with Gasteiger partial charge in [0.15, 0.2) is 17.5 Å². The highest BCUT2D eigenvalue weighted by Crippen LogP contribution is 2.43. The summed E-state index contributed by atoms with van der Waals surface area (Å²) >= 11 is 0. The van der Waals surface area contributed by atoms with Gasteiger partial charge in [-0.3, -0.25) is 0 Å². The molecule has 1 saturated carbocycles. The molecule has 3 rings (SSSR count). The number of hydrogen-bond acceptors (Lipinski definition) is 1. The quantitative estimate of drug-likeness (QED) is 0.293. The van der Waals surface area contributed by atoms with E-state index in [0.717, 1.165) is 37.8 Å². The fourth-order valence-corrected chi connectivity index (χ4v) is 5.11. The molecule has 0 amide bonds. The molecule has 2 aromatic carbocycles. The first-order valence-corrected chi connectivity index (χ1v) is 11.9. The van der Waals surface area contributed by atoms with Crippen molar-refractivity contribution in [2.24, 2.45) is 5.92 Å². The minimum Gasteiger partial charge on any atom is -0.478 e. The Bertz CT molecular complexity index is 894. The Morgan fingerprint density at radius 1 is 0.938 bits per heavy atom. The third kappa shape index (κ3) is 5.93. The first-order valence-electron chi connectivity index (χ1n) is 11.9. The van der Waals surface area contributed by atoms with Gasteiger partial charge in [0.2, 0.25) is 0 Å². The van der Waals surface area contributed by atoms with Crippen molar-refractivity contribution in [3.05, 3.63) is 58.9 Å². The molecule has 0 aromatic heterocycles. The van der Waals surface area contributed by atoms with Crippen molar-refractivity contribution in [2.45, 2.75) is 83.5 Å². The molecule has 32 heavy (non-hydrogen) atoms. The van der Waals surface area contributed by atoms with Gasteiger partial charge in [0.05, 0.1) is 5.56 Å². The molecule has 0 spiro atoms. The zero-order chi connectivity index (χ0) is 23.1. The van der Waals surface area contributed by atoms with Gasteiger partial charge in [0, 0.05) is 0 Å². The van der Waals surface area contributed by atoms with E-state index in [9.17, 15) is 23.1 Å². The molecule has 0 heterocycles. The number of unbranched alkanes of at least 4 members (excludes halogenated alkanes) is 5. The predicted molar refractivity (Wildman–Crippen MR) is 121 cm³/mol. The summed E-state index contributed by atoms with van der Waals surface area (Å²) in [5, 5.41) is 9.77. The summed E-state index contributed by atoms with van der Waals surface area (Å²) in [4.78, 5) is 11.9. The zero-order valence-electron chi connectivity index (χ0n) is 18.8. The van der Waals surface area contributed by atoms with Gasteiger partial charge in [-0.1, -0.05) is 64.0 Å². The molecule has 174 valence electrons. The van der Waals surface area contributed by atoms with E-state index in [1.165, 1.54) is 44.9 Å². The molecule has 0 radical (unpaired) electrons. The third-order valence-electron chi connectivity index (χ3n) is 6.85. The second-order valence-corrected chi connectivity index (χ2v) is 9.10. The minimum atomic E-state index is -1.51. The lowest BCUT2D eigenvalue weighted by Gasteiger charge is -2.31. The second-order valence-electron chi connectivity index (χ2n) is 9.10. The van der Waals surface area contributed by atoms with Crippen molar-refractivity contribution < 1.29 is 23.1 Å². The van der Waals surface area contributed by atoms with E-state index in [1.54, 1.807) is 18.2 Å². The number of hydrogen-bond donors (Lipinski definition) is 1. The highest BCUT2D eigenvalue weighted by molar-refractivity contribution is 5.92. The molecule has 2 aromatic rings. The van der Waals surface area contributed by atoms with Crippen LogP contribution in [0.5, 0.6) is 0 Å². The Balaban J connectivity index is 1.75. The van der Waals surface area contributed by atoms with Crippen LogP contribution < -0.4 is 0 Å². The largest absolute Gasteiger partial charge is 0.478 e. The van der Waals surface area contributed by atoms with Crippen LogP contribution in [-0.2, 0) is 0 Å². The van der Waals surface area contributed by atoms with Gasteiger partial charge in [0.1, 0.15) is 0 Å². The SMILES string of the molecule is CCCCCCCCC1CCC(c2c(C(=O)O)cccc2-c2cc(F)c(F)c(F)c2)CC1. The molecule has 0 unspecified atom stereocenters. The van der Waals surface area contributed by atoms with Crippen molar-refractivity contribution in [1.82, 2.24) is 0 Å². The minimum absolute atomic E-state index is 0.00859. The van der Waals surface area contributed by atoms with E-state index in [-0.39, 0.29) is 17.0 Å². The summed E-state index contributed by atoms with van der Waals surface area (Å²) in [7, 11) is 0. The predicted octanol–water partition coefficient (Wildman–Crippen LogP) is 8.49. The van der Waals surface area contributed by atoms with E-state index in [0.29, 0.717) is 17.0 Å². The highest BCUT2D eigenvalue weighted by Gasteiger charge is 2.28. The smallest absolute Gasteiger partial charge is 0.335 e. The van der Waals surface area contributed by atoms with Crippen LogP contribution in [0.2, 0.25) is 0 Å². The number of halogens is 3. The van der Waals surface area contributed by atoms with Crippen LogP contribution in [0.15, 0.2) is 30.3 Å². The molecule has 2 nitrogen and oxygen atoms in total. The lowest BCUT2D eigenvalue weighted by molar-refractivity contribution is 0.0694. The Kier molecular flexibility index (Phi) is 8.77. The van der Waals surface area contributed by atoms with Gasteiger partial charge in [-0.15, -0.1) is 0 Å². The van der Waals surface area contributed by atoms with Crippen molar-refractivity contribution in [3.63, 3.8) is 0 Å². The molecule has 1 fully saturated rings. The summed E-state index contributed by atoms with van der Waals surface area (Å²) in [5.41, 5.74) is 1.42. The van der Waals surface area contributed by atoms with Gasteiger partial charge in [-0.2, -0.15) is 0 Å². The van der Waals surface area contributed by atoms with Gasteiger partial charge in [-0.05, 0) is 72.4 Å². The van der Waals surface area contributed by atoms with E-state index >= 15 is 0 Å². The summed E-state index contributed by atoms with van der Waals surface area (Å²) in [5.74, 6) is -4.45. The van der Waals surface area contributed by atoms with Gasteiger partial charge >= 0.3 is 5.97 Å². The van der Waals surface area contributed by atoms with Crippen LogP contribution in [0.3, 0.4) is 0 Å². The monoisotopic (exact) mass is 446 g/mol. The number of carboxylic acid groups (broad SMARTS) is 1. The van der Waals surface area contributed by atoms with Gasteiger partial charge < -0.3 is 5.11 Å². The third-order valence-corrected chi connectivity index (χ3v) is 6.85. The van der Waals surface area contributed by atoms with Crippen molar-refractivity contribution in [2.75, 3.05) is 0 Å². The zero-order valence-corrected chi connectivity index (χ0v) is 18.8. The Morgan fingerprint density at radius 3 is 2.19 bits per heavy atom. The average molecular weight is 447 g/mol. The van der Waals surface area contributed by atoms with Gasteiger partial charge in [-0.25, -0.2) is 18.0 Å². The Labute approximate surface area is 188 Å². The van der Waals surface area contributed by atoms with Crippen LogP contribution in [0.25, 0.3) is 11.1 Å². The van der Waals surface area contributed by atoms with Crippen LogP contribution in [-0.4, -0.2) is 11.1 Å². The normalized spacial score (nSPS) is 18.6. The van der Waals surface area contributed by atoms with Crippen LogP contribution in [0.4, 0.5) is 13.2 Å². The summed E-state index contributed by atoms with van der Waals surface area (Å²) in [6.07, 6.45) is 12.6. The fourth-order valence-electron chi connectivity index (χ4n) is 5.11. The molecule has 0 bridgehead atoms. The van der Waals surface area contributed by atoms with Crippen molar-refractivity contribution >= 4 is 5.97 Å². The summed E-state index contributed by atoms with van der Waals surface area (Å²) in [6.45, 7) is 2.22. The lowest BCUT2D eigenvalue weighted by atomic mass is 9.74. The second kappa shape index (κ2) is 11.5.